The Bertz CT molecular complexity index is 757. The second kappa shape index (κ2) is 7.66. The Labute approximate surface area is 151 Å². The highest BCUT2D eigenvalue weighted by molar-refractivity contribution is 7.20. The Morgan fingerprint density at radius 3 is 2.96 bits per heavy atom. The van der Waals surface area contributed by atoms with Crippen molar-refractivity contribution in [2.45, 2.75) is 58.6 Å². The fourth-order valence-electron chi connectivity index (χ4n) is 3.46. The van der Waals surface area contributed by atoms with Crippen LogP contribution in [0, 0.1) is 6.92 Å². The van der Waals surface area contributed by atoms with E-state index in [2.05, 4.69) is 14.9 Å². The zero-order valence-corrected chi connectivity index (χ0v) is 15.8. The van der Waals surface area contributed by atoms with Gasteiger partial charge in [0.2, 0.25) is 0 Å². The second-order valence-corrected chi connectivity index (χ2v) is 7.74. The third-order valence-electron chi connectivity index (χ3n) is 4.60. The summed E-state index contributed by atoms with van der Waals surface area (Å²) in [6, 6.07) is 0.280. The third-order valence-corrected chi connectivity index (χ3v) is 5.78. The van der Waals surface area contributed by atoms with Gasteiger partial charge in [-0.1, -0.05) is 0 Å². The van der Waals surface area contributed by atoms with Crippen LogP contribution in [-0.2, 0) is 4.74 Å². The molecular formula is C18H25N3O3S. The normalized spacial score (nSPS) is 18.1. The fourth-order valence-corrected chi connectivity index (χ4v) is 4.49. The Morgan fingerprint density at radius 1 is 1.44 bits per heavy atom. The summed E-state index contributed by atoms with van der Waals surface area (Å²) in [5.74, 6) is 0.576. The molecule has 2 aromatic heterocycles. The molecule has 1 aliphatic heterocycles. The van der Waals surface area contributed by atoms with Crippen molar-refractivity contribution in [3.8, 4) is 0 Å². The van der Waals surface area contributed by atoms with Crippen molar-refractivity contribution in [1.29, 1.82) is 0 Å². The highest BCUT2D eigenvalue weighted by Crippen LogP contribution is 2.37. The van der Waals surface area contributed by atoms with Gasteiger partial charge in [-0.05, 0) is 52.0 Å². The molecular weight excluding hydrogens is 338 g/mol. The molecule has 0 bridgehead atoms. The van der Waals surface area contributed by atoms with E-state index in [0.29, 0.717) is 4.88 Å². The van der Waals surface area contributed by atoms with Gasteiger partial charge in [-0.3, -0.25) is 0 Å². The van der Waals surface area contributed by atoms with Gasteiger partial charge in [-0.25, -0.2) is 14.8 Å². The van der Waals surface area contributed by atoms with Crippen LogP contribution in [-0.4, -0.2) is 46.3 Å². The maximum absolute atomic E-state index is 12.4. The number of aliphatic hydroxyl groups excluding tert-OH is 1. The lowest BCUT2D eigenvalue weighted by atomic mass is 9.99. The molecule has 6 nitrogen and oxygen atoms in total. The van der Waals surface area contributed by atoms with Gasteiger partial charge in [0, 0.05) is 19.2 Å². The smallest absolute Gasteiger partial charge is 0.348 e. The summed E-state index contributed by atoms with van der Waals surface area (Å²) in [6.07, 6.45) is 5.48. The van der Waals surface area contributed by atoms with Crippen LogP contribution in [0.2, 0.25) is 0 Å². The average molecular weight is 363 g/mol. The van der Waals surface area contributed by atoms with Crippen molar-refractivity contribution in [1.82, 2.24) is 9.97 Å². The van der Waals surface area contributed by atoms with E-state index in [4.69, 9.17) is 4.74 Å². The lowest BCUT2D eigenvalue weighted by Gasteiger charge is -2.36. The number of esters is 1. The van der Waals surface area contributed by atoms with Crippen LogP contribution in [0.5, 0.6) is 0 Å². The van der Waals surface area contributed by atoms with Crippen molar-refractivity contribution in [2.24, 2.45) is 0 Å². The molecule has 3 heterocycles. The van der Waals surface area contributed by atoms with Crippen LogP contribution < -0.4 is 4.90 Å². The molecule has 1 saturated heterocycles. The summed E-state index contributed by atoms with van der Waals surface area (Å²) >= 11 is 1.37. The summed E-state index contributed by atoms with van der Waals surface area (Å²) in [5.41, 5.74) is 0.884. The van der Waals surface area contributed by atoms with Crippen LogP contribution in [0.3, 0.4) is 0 Å². The summed E-state index contributed by atoms with van der Waals surface area (Å²) in [6.45, 7) is 6.72. The number of piperidine rings is 1. The predicted molar refractivity (Wildman–Crippen MR) is 99.4 cm³/mol. The van der Waals surface area contributed by atoms with Crippen molar-refractivity contribution in [2.75, 3.05) is 18.1 Å². The average Bonchev–Trinajstić information content (AvgIpc) is 2.92. The van der Waals surface area contributed by atoms with Gasteiger partial charge in [0.15, 0.2) is 0 Å². The molecule has 0 aliphatic carbocycles. The molecule has 1 N–H and O–H groups in total. The Hall–Kier alpha value is -1.73. The summed E-state index contributed by atoms with van der Waals surface area (Å²) < 4.78 is 5.37. The molecule has 7 heteroatoms. The molecule has 0 aromatic carbocycles. The predicted octanol–water partition coefficient (Wildman–Crippen LogP) is 3.31. The molecule has 2 aromatic rings. The van der Waals surface area contributed by atoms with Gasteiger partial charge >= 0.3 is 5.97 Å². The lowest BCUT2D eigenvalue weighted by Crippen LogP contribution is -2.40. The summed E-state index contributed by atoms with van der Waals surface area (Å²) in [7, 11) is 0. The lowest BCUT2D eigenvalue weighted by molar-refractivity contribution is 0.0383. The largest absolute Gasteiger partial charge is 0.459 e. The molecule has 0 saturated carbocycles. The number of aliphatic hydroxyl groups is 1. The van der Waals surface area contributed by atoms with E-state index < -0.39 is 0 Å². The van der Waals surface area contributed by atoms with Crippen LogP contribution in [0.15, 0.2) is 6.33 Å². The standard InChI is InChI=1S/C18H25N3O3S/c1-11(2)24-18(23)15-12(3)14-16(19-10-20-17(14)25-15)21-8-5-4-6-13(21)7-9-22/h10-11,13,22H,4-9H2,1-3H3. The van der Waals surface area contributed by atoms with E-state index in [-0.39, 0.29) is 24.7 Å². The Morgan fingerprint density at radius 2 is 2.24 bits per heavy atom. The molecule has 1 fully saturated rings. The maximum Gasteiger partial charge on any atom is 0.348 e. The number of nitrogens with zero attached hydrogens (tertiary/aromatic N) is 3. The van der Waals surface area contributed by atoms with Gasteiger partial charge in [0.1, 0.15) is 21.9 Å². The molecule has 3 rings (SSSR count). The monoisotopic (exact) mass is 363 g/mol. The van der Waals surface area contributed by atoms with E-state index in [9.17, 15) is 9.90 Å². The minimum Gasteiger partial charge on any atom is -0.459 e. The maximum atomic E-state index is 12.4. The van der Waals surface area contributed by atoms with Crippen LogP contribution >= 0.6 is 11.3 Å². The van der Waals surface area contributed by atoms with E-state index in [1.54, 1.807) is 6.33 Å². The number of hydrogen-bond donors (Lipinski definition) is 1. The van der Waals surface area contributed by atoms with Gasteiger partial charge in [-0.15, -0.1) is 11.3 Å². The first kappa shape index (κ1) is 18.1. The number of ether oxygens (including phenoxy) is 1. The number of carbonyl (C=O) groups excluding carboxylic acids is 1. The number of rotatable bonds is 5. The van der Waals surface area contributed by atoms with E-state index >= 15 is 0 Å². The Kier molecular flexibility index (Phi) is 5.54. The van der Waals surface area contributed by atoms with E-state index in [0.717, 1.165) is 47.4 Å². The Balaban J connectivity index is 2.04. The zero-order chi connectivity index (χ0) is 18.0. The highest BCUT2D eigenvalue weighted by Gasteiger charge is 2.28. The van der Waals surface area contributed by atoms with Crippen molar-refractivity contribution >= 4 is 33.3 Å². The first-order valence-electron chi connectivity index (χ1n) is 8.85. The second-order valence-electron chi connectivity index (χ2n) is 6.74. The molecule has 1 unspecified atom stereocenters. The number of thiophene rings is 1. The number of carbonyl (C=O) groups is 1. The number of anilines is 1. The highest BCUT2D eigenvalue weighted by atomic mass is 32.1. The SMILES string of the molecule is Cc1c(C(=O)OC(C)C)sc2ncnc(N3CCCCC3CCO)c12. The number of hydrogen-bond acceptors (Lipinski definition) is 7. The van der Waals surface area contributed by atoms with E-state index in [1.807, 2.05) is 20.8 Å². The van der Waals surface area contributed by atoms with Gasteiger partial charge < -0.3 is 14.7 Å². The first-order valence-corrected chi connectivity index (χ1v) is 9.67. The van der Waals surface area contributed by atoms with Crippen molar-refractivity contribution in [3.63, 3.8) is 0 Å². The van der Waals surface area contributed by atoms with Gasteiger partial charge in [-0.2, -0.15) is 0 Å². The number of aromatic nitrogens is 2. The summed E-state index contributed by atoms with van der Waals surface area (Å²) in [5, 5.41) is 10.3. The molecule has 136 valence electrons. The quantitative estimate of drug-likeness (QED) is 0.822. The first-order chi connectivity index (χ1) is 12.0. The molecule has 0 radical (unpaired) electrons. The minimum atomic E-state index is -0.299. The molecule has 0 amide bonds. The minimum absolute atomic E-state index is 0.154. The number of aryl methyl sites for hydroxylation is 1. The molecule has 1 aliphatic rings. The van der Waals surface area contributed by atoms with Crippen LogP contribution in [0.1, 0.15) is 54.8 Å². The molecule has 0 spiro atoms. The topological polar surface area (TPSA) is 75.5 Å². The zero-order valence-electron chi connectivity index (χ0n) is 15.0. The van der Waals surface area contributed by atoms with E-state index in [1.165, 1.54) is 17.8 Å². The van der Waals surface area contributed by atoms with Crippen molar-refractivity contribution in [3.05, 3.63) is 16.8 Å². The number of fused-ring (bicyclic) bond motifs is 1. The van der Waals surface area contributed by atoms with Crippen LogP contribution in [0.25, 0.3) is 10.2 Å². The van der Waals surface area contributed by atoms with Gasteiger partial charge in [0.25, 0.3) is 0 Å². The third kappa shape index (κ3) is 3.62. The fraction of sp³-hybridized carbons (Fsp3) is 0.611. The summed E-state index contributed by atoms with van der Waals surface area (Å²) in [4.78, 5) is 25.0. The molecule has 1 atom stereocenters. The van der Waals surface area contributed by atoms with Crippen molar-refractivity contribution < 1.29 is 14.6 Å². The molecule has 25 heavy (non-hydrogen) atoms. The van der Waals surface area contributed by atoms with Gasteiger partial charge in [0.05, 0.1) is 11.5 Å². The van der Waals surface area contributed by atoms with Crippen LogP contribution in [0.4, 0.5) is 5.82 Å².